The summed E-state index contributed by atoms with van der Waals surface area (Å²) in [6, 6.07) is 0.623. The van der Waals surface area contributed by atoms with Gasteiger partial charge in [0.15, 0.2) is 0 Å². The second-order valence-electron chi connectivity index (χ2n) is 6.09. The van der Waals surface area contributed by atoms with Gasteiger partial charge in [-0.2, -0.15) is 0 Å². The van der Waals surface area contributed by atoms with Crippen molar-refractivity contribution in [3.05, 3.63) is 0 Å². The van der Waals surface area contributed by atoms with Crippen molar-refractivity contribution in [2.45, 2.75) is 70.3 Å². The Morgan fingerprint density at radius 2 is 1.56 bits per heavy atom. The summed E-state index contributed by atoms with van der Waals surface area (Å²) in [4.78, 5) is 14.0. The van der Waals surface area contributed by atoms with Crippen LogP contribution in [0.1, 0.15) is 64.2 Å². The lowest BCUT2D eigenvalue weighted by atomic mass is 9.89. The molecule has 0 aliphatic heterocycles. The van der Waals surface area contributed by atoms with Crippen LogP contribution in [0, 0.1) is 5.92 Å². The van der Waals surface area contributed by atoms with E-state index in [9.17, 15) is 4.79 Å². The molecule has 0 bridgehead atoms. The maximum Gasteiger partial charge on any atom is 0.317 e. The second-order valence-corrected chi connectivity index (χ2v) is 6.09. The lowest BCUT2D eigenvalue weighted by molar-refractivity contribution is 0.171. The molecule has 3 heteroatoms. The number of rotatable bonds is 3. The van der Waals surface area contributed by atoms with Gasteiger partial charge in [0.1, 0.15) is 0 Å². The van der Waals surface area contributed by atoms with Crippen molar-refractivity contribution < 1.29 is 4.79 Å². The number of carbonyl (C=O) groups excluding carboxylic acids is 1. The van der Waals surface area contributed by atoms with Crippen molar-refractivity contribution in [3.8, 4) is 0 Å². The van der Waals surface area contributed by atoms with Gasteiger partial charge in [-0.25, -0.2) is 4.79 Å². The first-order valence-electron chi connectivity index (χ1n) is 7.78. The zero-order chi connectivity index (χ0) is 12.8. The molecular weight excluding hydrogens is 224 g/mol. The Hall–Kier alpha value is -0.730. The van der Waals surface area contributed by atoms with Crippen molar-refractivity contribution in [1.82, 2.24) is 10.2 Å². The zero-order valence-electron chi connectivity index (χ0n) is 11.8. The number of hydrogen-bond acceptors (Lipinski definition) is 1. The van der Waals surface area contributed by atoms with Gasteiger partial charge in [-0.3, -0.25) is 0 Å². The van der Waals surface area contributed by atoms with Crippen LogP contribution in [0.4, 0.5) is 4.79 Å². The first-order valence-corrected chi connectivity index (χ1v) is 7.78. The summed E-state index contributed by atoms with van der Waals surface area (Å²) in [5.41, 5.74) is 0. The van der Waals surface area contributed by atoms with Gasteiger partial charge in [-0.05, 0) is 31.6 Å². The van der Waals surface area contributed by atoms with Crippen molar-refractivity contribution in [2.24, 2.45) is 5.92 Å². The number of nitrogens with zero attached hydrogens (tertiary/aromatic N) is 1. The molecule has 1 N–H and O–H groups in total. The highest BCUT2D eigenvalue weighted by molar-refractivity contribution is 5.74. The SMILES string of the molecule is CN(C(=O)NCC1CCCCC1)C1CCCCC1. The normalized spacial score (nSPS) is 22.7. The lowest BCUT2D eigenvalue weighted by Crippen LogP contribution is -2.45. The fourth-order valence-electron chi connectivity index (χ4n) is 3.38. The highest BCUT2D eigenvalue weighted by Crippen LogP contribution is 2.23. The maximum atomic E-state index is 12.1. The predicted octanol–water partition coefficient (Wildman–Crippen LogP) is 3.54. The van der Waals surface area contributed by atoms with Gasteiger partial charge in [0.2, 0.25) is 0 Å². The van der Waals surface area contributed by atoms with E-state index in [0.29, 0.717) is 6.04 Å². The van der Waals surface area contributed by atoms with Gasteiger partial charge in [-0.15, -0.1) is 0 Å². The molecule has 0 saturated heterocycles. The number of hydrogen-bond donors (Lipinski definition) is 1. The molecule has 0 aromatic carbocycles. The smallest absolute Gasteiger partial charge is 0.317 e. The van der Waals surface area contributed by atoms with Crippen LogP contribution < -0.4 is 5.32 Å². The average Bonchev–Trinajstić information content (AvgIpc) is 2.46. The van der Waals surface area contributed by atoms with Gasteiger partial charge < -0.3 is 10.2 Å². The first-order chi connectivity index (χ1) is 8.77. The standard InChI is InChI=1S/C15H28N2O/c1-17(14-10-6-3-7-11-14)15(18)16-12-13-8-4-2-5-9-13/h13-14H,2-12H2,1H3,(H,16,18). The Morgan fingerprint density at radius 1 is 1.00 bits per heavy atom. The van der Waals surface area contributed by atoms with Crippen LogP contribution in [0.15, 0.2) is 0 Å². The van der Waals surface area contributed by atoms with Crippen LogP contribution in [0.5, 0.6) is 0 Å². The molecule has 0 atom stereocenters. The summed E-state index contributed by atoms with van der Waals surface area (Å²) in [6.07, 6.45) is 13.0. The third-order valence-electron chi connectivity index (χ3n) is 4.71. The quantitative estimate of drug-likeness (QED) is 0.818. The van der Waals surface area contributed by atoms with Crippen molar-refractivity contribution in [1.29, 1.82) is 0 Å². The highest BCUT2D eigenvalue weighted by atomic mass is 16.2. The molecule has 2 rings (SSSR count). The van der Waals surface area contributed by atoms with E-state index in [4.69, 9.17) is 0 Å². The number of nitrogens with one attached hydrogen (secondary N) is 1. The summed E-state index contributed by atoms with van der Waals surface area (Å²) in [7, 11) is 1.96. The summed E-state index contributed by atoms with van der Waals surface area (Å²) >= 11 is 0. The predicted molar refractivity (Wildman–Crippen MR) is 74.6 cm³/mol. The molecule has 2 saturated carbocycles. The summed E-state index contributed by atoms with van der Waals surface area (Å²) in [6.45, 7) is 0.885. The molecule has 0 heterocycles. The van der Waals surface area contributed by atoms with E-state index in [2.05, 4.69) is 5.32 Å². The van der Waals surface area contributed by atoms with Crippen LogP contribution >= 0.6 is 0 Å². The molecule has 2 amide bonds. The Balaban J connectivity index is 1.69. The molecule has 0 aromatic heterocycles. The zero-order valence-corrected chi connectivity index (χ0v) is 11.8. The Kier molecular flexibility index (Phi) is 5.33. The Morgan fingerprint density at radius 3 is 2.17 bits per heavy atom. The minimum atomic E-state index is 0.146. The van der Waals surface area contributed by atoms with E-state index >= 15 is 0 Å². The summed E-state index contributed by atoms with van der Waals surface area (Å²) in [5, 5.41) is 3.14. The summed E-state index contributed by atoms with van der Waals surface area (Å²) in [5.74, 6) is 0.724. The van der Waals surface area contributed by atoms with Crippen LogP contribution in [-0.4, -0.2) is 30.6 Å². The van der Waals surface area contributed by atoms with Crippen LogP contribution in [0.25, 0.3) is 0 Å². The van der Waals surface area contributed by atoms with Crippen molar-refractivity contribution in [3.63, 3.8) is 0 Å². The molecule has 104 valence electrons. The van der Waals surface area contributed by atoms with E-state index in [1.165, 1.54) is 64.2 Å². The van der Waals surface area contributed by atoms with E-state index in [0.717, 1.165) is 12.5 Å². The molecule has 2 fully saturated rings. The number of carbonyl (C=O) groups is 1. The largest absolute Gasteiger partial charge is 0.338 e. The van der Waals surface area contributed by atoms with Crippen LogP contribution in [-0.2, 0) is 0 Å². The molecule has 2 aliphatic rings. The van der Waals surface area contributed by atoms with Gasteiger partial charge >= 0.3 is 6.03 Å². The van der Waals surface area contributed by atoms with Crippen LogP contribution in [0.3, 0.4) is 0 Å². The van der Waals surface area contributed by atoms with Gasteiger partial charge in [0.25, 0.3) is 0 Å². The van der Waals surface area contributed by atoms with Crippen molar-refractivity contribution >= 4 is 6.03 Å². The minimum Gasteiger partial charge on any atom is -0.338 e. The Labute approximate surface area is 111 Å². The third-order valence-corrected chi connectivity index (χ3v) is 4.71. The molecule has 0 spiro atoms. The highest BCUT2D eigenvalue weighted by Gasteiger charge is 2.22. The molecule has 18 heavy (non-hydrogen) atoms. The number of amides is 2. The average molecular weight is 252 g/mol. The fourth-order valence-corrected chi connectivity index (χ4v) is 3.38. The van der Waals surface area contributed by atoms with Crippen LogP contribution in [0.2, 0.25) is 0 Å². The molecule has 3 nitrogen and oxygen atoms in total. The molecule has 0 unspecified atom stereocenters. The Bertz CT molecular complexity index is 255. The fraction of sp³-hybridized carbons (Fsp3) is 0.933. The molecule has 0 aromatic rings. The lowest BCUT2D eigenvalue weighted by Gasteiger charge is -2.32. The van der Waals surface area contributed by atoms with Crippen molar-refractivity contribution in [2.75, 3.05) is 13.6 Å². The van der Waals surface area contributed by atoms with E-state index in [1.807, 2.05) is 11.9 Å². The molecule has 2 aliphatic carbocycles. The van der Waals surface area contributed by atoms with E-state index in [1.54, 1.807) is 0 Å². The third kappa shape index (κ3) is 3.89. The second kappa shape index (κ2) is 7.01. The molecule has 0 radical (unpaired) electrons. The number of urea groups is 1. The van der Waals surface area contributed by atoms with E-state index < -0.39 is 0 Å². The molecular formula is C15H28N2O. The van der Waals surface area contributed by atoms with Gasteiger partial charge in [-0.1, -0.05) is 38.5 Å². The monoisotopic (exact) mass is 252 g/mol. The maximum absolute atomic E-state index is 12.1. The summed E-state index contributed by atoms with van der Waals surface area (Å²) < 4.78 is 0. The van der Waals surface area contributed by atoms with E-state index in [-0.39, 0.29) is 6.03 Å². The van der Waals surface area contributed by atoms with Gasteiger partial charge in [0, 0.05) is 19.6 Å². The van der Waals surface area contributed by atoms with Gasteiger partial charge in [0.05, 0.1) is 0 Å². The topological polar surface area (TPSA) is 32.3 Å². The first kappa shape index (κ1) is 13.7. The minimum absolute atomic E-state index is 0.146.